The van der Waals surface area contributed by atoms with Crippen LogP contribution in [0.5, 0.6) is 11.5 Å². The highest BCUT2D eigenvalue weighted by atomic mass is 16.5. The SMILES string of the molecule is COc1ccc2c(c1C(C)CN1CCNCC1)OC(=Cc1n[nH]c3ncccc13)C2=O. The lowest BCUT2D eigenvalue weighted by molar-refractivity contribution is 0.101. The number of rotatable bonds is 5. The molecule has 31 heavy (non-hydrogen) atoms. The molecule has 0 spiro atoms. The second-order valence-corrected chi connectivity index (χ2v) is 7.96. The molecule has 0 aliphatic carbocycles. The molecule has 1 aromatic carbocycles. The van der Waals surface area contributed by atoms with Gasteiger partial charge in [0.2, 0.25) is 5.78 Å². The van der Waals surface area contributed by atoms with Gasteiger partial charge in [-0.1, -0.05) is 6.92 Å². The van der Waals surface area contributed by atoms with E-state index in [0.29, 0.717) is 22.7 Å². The third kappa shape index (κ3) is 3.58. The van der Waals surface area contributed by atoms with Crippen LogP contribution in [0.4, 0.5) is 0 Å². The topological polar surface area (TPSA) is 92.4 Å². The average Bonchev–Trinajstić information content (AvgIpc) is 3.35. The number of hydrogen-bond donors (Lipinski definition) is 2. The van der Waals surface area contributed by atoms with Crippen LogP contribution >= 0.6 is 0 Å². The number of carbonyl (C=O) groups is 1. The number of ether oxygens (including phenoxy) is 2. The van der Waals surface area contributed by atoms with E-state index in [1.165, 1.54) is 0 Å². The number of Topliss-reactive ketones (excluding diaryl/α,β-unsaturated/α-hetero) is 1. The van der Waals surface area contributed by atoms with Crippen molar-refractivity contribution < 1.29 is 14.3 Å². The molecule has 160 valence electrons. The zero-order valence-corrected chi connectivity index (χ0v) is 17.6. The van der Waals surface area contributed by atoms with E-state index in [1.807, 2.05) is 18.2 Å². The minimum absolute atomic E-state index is 0.144. The Morgan fingerprint density at radius 2 is 2.13 bits per heavy atom. The lowest BCUT2D eigenvalue weighted by Gasteiger charge is -2.30. The second kappa shape index (κ2) is 8.13. The van der Waals surface area contributed by atoms with Gasteiger partial charge in [0.15, 0.2) is 11.4 Å². The predicted molar refractivity (Wildman–Crippen MR) is 118 cm³/mol. The lowest BCUT2D eigenvalue weighted by Crippen LogP contribution is -2.44. The van der Waals surface area contributed by atoms with Gasteiger partial charge in [0.05, 0.1) is 18.4 Å². The zero-order valence-electron chi connectivity index (χ0n) is 17.6. The average molecular weight is 419 g/mol. The summed E-state index contributed by atoms with van der Waals surface area (Å²) in [5.41, 5.74) is 2.79. The van der Waals surface area contributed by atoms with E-state index in [4.69, 9.17) is 9.47 Å². The molecule has 2 aliphatic rings. The molecule has 3 aromatic rings. The maximum atomic E-state index is 13.1. The summed E-state index contributed by atoms with van der Waals surface area (Å²) < 4.78 is 11.8. The van der Waals surface area contributed by atoms with E-state index < -0.39 is 0 Å². The van der Waals surface area contributed by atoms with E-state index >= 15 is 0 Å². The number of benzene rings is 1. The minimum Gasteiger partial charge on any atom is -0.496 e. The number of ketones is 1. The quantitative estimate of drug-likeness (QED) is 0.614. The van der Waals surface area contributed by atoms with Crippen molar-refractivity contribution in [2.75, 3.05) is 39.8 Å². The van der Waals surface area contributed by atoms with Crippen molar-refractivity contribution in [3.05, 3.63) is 53.0 Å². The lowest BCUT2D eigenvalue weighted by atomic mass is 9.95. The van der Waals surface area contributed by atoms with Gasteiger partial charge < -0.3 is 19.7 Å². The number of aromatic amines is 1. The van der Waals surface area contributed by atoms with Crippen LogP contribution in [0.2, 0.25) is 0 Å². The van der Waals surface area contributed by atoms with Crippen LogP contribution in [0.25, 0.3) is 17.1 Å². The van der Waals surface area contributed by atoms with Crippen LogP contribution in [0, 0.1) is 0 Å². The van der Waals surface area contributed by atoms with Crippen molar-refractivity contribution in [2.24, 2.45) is 0 Å². The van der Waals surface area contributed by atoms with Gasteiger partial charge in [0, 0.05) is 61.9 Å². The number of nitrogens with zero attached hydrogens (tertiary/aromatic N) is 3. The second-order valence-electron chi connectivity index (χ2n) is 7.96. The van der Waals surface area contributed by atoms with Gasteiger partial charge >= 0.3 is 0 Å². The summed E-state index contributed by atoms with van der Waals surface area (Å²) in [5.74, 6) is 1.59. The molecular formula is C23H25N5O3. The highest BCUT2D eigenvalue weighted by Crippen LogP contribution is 2.44. The number of nitrogens with one attached hydrogen (secondary N) is 2. The minimum atomic E-state index is -0.145. The van der Waals surface area contributed by atoms with E-state index in [0.717, 1.165) is 49.4 Å². The fourth-order valence-electron chi connectivity index (χ4n) is 4.38. The summed E-state index contributed by atoms with van der Waals surface area (Å²) in [7, 11) is 1.65. The van der Waals surface area contributed by atoms with Crippen LogP contribution in [-0.2, 0) is 0 Å². The largest absolute Gasteiger partial charge is 0.496 e. The van der Waals surface area contributed by atoms with Crippen LogP contribution in [-0.4, -0.2) is 65.7 Å². The summed E-state index contributed by atoms with van der Waals surface area (Å²) in [4.78, 5) is 19.8. The van der Waals surface area contributed by atoms with Crippen LogP contribution in [0.15, 0.2) is 36.2 Å². The Morgan fingerprint density at radius 3 is 2.94 bits per heavy atom. The molecule has 2 aliphatic heterocycles. The number of aromatic nitrogens is 3. The van der Waals surface area contributed by atoms with Crippen molar-refractivity contribution in [2.45, 2.75) is 12.8 Å². The third-order valence-corrected chi connectivity index (χ3v) is 5.92. The molecule has 2 N–H and O–H groups in total. The number of H-pyrrole nitrogens is 1. The number of pyridine rings is 1. The fourth-order valence-corrected chi connectivity index (χ4v) is 4.38. The molecule has 1 fully saturated rings. The standard InChI is InChI=1S/C23H25N5O3/c1-14(13-28-10-8-24-9-11-28)20-18(30-2)6-5-16-21(29)19(31-22(16)20)12-17-15-4-3-7-25-23(15)27-26-17/h3-7,12,14,24H,8-11,13H2,1-2H3,(H,25,26,27). The number of piperazine rings is 1. The molecule has 8 nitrogen and oxygen atoms in total. The van der Waals surface area contributed by atoms with Crippen LogP contribution in [0.1, 0.15) is 34.5 Å². The van der Waals surface area contributed by atoms with Crippen molar-refractivity contribution in [1.29, 1.82) is 0 Å². The molecule has 0 bridgehead atoms. The van der Waals surface area contributed by atoms with E-state index in [-0.39, 0.29) is 17.5 Å². The number of methoxy groups -OCH3 is 1. The smallest absolute Gasteiger partial charge is 0.232 e. The number of hydrogen-bond acceptors (Lipinski definition) is 7. The van der Waals surface area contributed by atoms with Gasteiger partial charge in [-0.05, 0) is 24.3 Å². The molecular weight excluding hydrogens is 394 g/mol. The van der Waals surface area contributed by atoms with Gasteiger partial charge in [0.1, 0.15) is 11.5 Å². The summed E-state index contributed by atoms with van der Waals surface area (Å²) in [5, 5.41) is 11.4. The van der Waals surface area contributed by atoms with Gasteiger partial charge in [-0.15, -0.1) is 0 Å². The third-order valence-electron chi connectivity index (χ3n) is 5.92. The maximum Gasteiger partial charge on any atom is 0.232 e. The Morgan fingerprint density at radius 1 is 1.29 bits per heavy atom. The molecule has 4 heterocycles. The van der Waals surface area contributed by atoms with Crippen molar-refractivity contribution >= 4 is 22.9 Å². The molecule has 0 saturated carbocycles. The molecule has 1 atom stereocenters. The molecule has 0 amide bonds. The first-order chi connectivity index (χ1) is 15.2. The molecule has 1 saturated heterocycles. The predicted octanol–water partition coefficient (Wildman–Crippen LogP) is 2.59. The summed E-state index contributed by atoms with van der Waals surface area (Å²) in [6.07, 6.45) is 3.38. The Bertz CT molecular complexity index is 1160. The van der Waals surface area contributed by atoms with E-state index in [9.17, 15) is 4.79 Å². The van der Waals surface area contributed by atoms with Crippen LogP contribution < -0.4 is 14.8 Å². The molecule has 0 radical (unpaired) electrons. The van der Waals surface area contributed by atoms with Gasteiger partial charge in [-0.25, -0.2) is 4.98 Å². The summed E-state index contributed by atoms with van der Waals surface area (Å²) in [6.45, 7) is 7.03. The Balaban J connectivity index is 1.49. The first kappa shape index (κ1) is 19.7. The van der Waals surface area contributed by atoms with Crippen molar-refractivity contribution in [3.63, 3.8) is 0 Å². The normalized spacial score (nSPS) is 18.9. The fraction of sp³-hybridized carbons (Fsp3) is 0.348. The molecule has 5 rings (SSSR count). The Labute approximate surface area is 180 Å². The van der Waals surface area contributed by atoms with E-state index in [2.05, 4.69) is 32.3 Å². The van der Waals surface area contributed by atoms with Crippen molar-refractivity contribution in [1.82, 2.24) is 25.4 Å². The summed E-state index contributed by atoms with van der Waals surface area (Å²) in [6, 6.07) is 7.39. The van der Waals surface area contributed by atoms with Gasteiger partial charge in [-0.3, -0.25) is 9.89 Å². The number of carbonyl (C=O) groups excluding carboxylic acids is 1. The van der Waals surface area contributed by atoms with Crippen LogP contribution in [0.3, 0.4) is 0 Å². The number of allylic oxidation sites excluding steroid dienone is 1. The Hall–Kier alpha value is -3.23. The highest BCUT2D eigenvalue weighted by Gasteiger charge is 2.34. The zero-order chi connectivity index (χ0) is 21.4. The highest BCUT2D eigenvalue weighted by molar-refractivity contribution is 6.15. The first-order valence-electron chi connectivity index (χ1n) is 10.5. The van der Waals surface area contributed by atoms with Gasteiger partial charge in [-0.2, -0.15) is 5.10 Å². The number of fused-ring (bicyclic) bond motifs is 2. The monoisotopic (exact) mass is 419 g/mol. The molecule has 1 unspecified atom stereocenters. The maximum absolute atomic E-state index is 13.1. The first-order valence-corrected chi connectivity index (χ1v) is 10.5. The van der Waals surface area contributed by atoms with Gasteiger partial charge in [0.25, 0.3) is 0 Å². The van der Waals surface area contributed by atoms with Crippen molar-refractivity contribution in [3.8, 4) is 11.5 Å². The molecule has 8 heteroatoms. The summed E-state index contributed by atoms with van der Waals surface area (Å²) >= 11 is 0. The molecule has 2 aromatic heterocycles. The Kier molecular flexibility index (Phi) is 5.17. The van der Waals surface area contributed by atoms with E-state index in [1.54, 1.807) is 25.4 Å².